The van der Waals surface area contributed by atoms with E-state index in [1.54, 1.807) is 6.08 Å². The van der Waals surface area contributed by atoms with E-state index in [1.807, 2.05) is 0 Å². The summed E-state index contributed by atoms with van der Waals surface area (Å²) in [5.74, 6) is 1.81. The van der Waals surface area contributed by atoms with Crippen molar-refractivity contribution in [3.05, 3.63) is 12.7 Å². The molecule has 0 unspecified atom stereocenters. The predicted octanol–water partition coefficient (Wildman–Crippen LogP) is 0.474. The van der Waals surface area contributed by atoms with Gasteiger partial charge in [-0.3, -0.25) is 0 Å². The number of ether oxygens (including phenoxy) is 2. The van der Waals surface area contributed by atoms with Gasteiger partial charge < -0.3 is 30.7 Å². The smallest absolute Gasteiger partial charge is 0.231 e. The molecule has 0 aliphatic carbocycles. The number of nitrogens with two attached hydrogens (primary N) is 1. The third kappa shape index (κ3) is 7.20. The Morgan fingerprint density at radius 2 is 1.68 bits per heavy atom. The maximum atomic E-state index is 5.49. The minimum atomic E-state index is 0.530. The van der Waals surface area contributed by atoms with E-state index in [-0.39, 0.29) is 0 Å². The van der Waals surface area contributed by atoms with E-state index < -0.39 is 0 Å². The van der Waals surface area contributed by atoms with Crippen LogP contribution in [-0.4, -0.2) is 74.1 Å². The molecule has 1 fully saturated rings. The monoisotopic (exact) mass is 351 g/mol. The highest BCUT2D eigenvalue weighted by Crippen LogP contribution is 2.18. The second-order valence-corrected chi connectivity index (χ2v) is 5.59. The summed E-state index contributed by atoms with van der Waals surface area (Å²) in [5, 5.41) is 6.31. The lowest BCUT2D eigenvalue weighted by Gasteiger charge is -2.17. The van der Waals surface area contributed by atoms with Gasteiger partial charge in [0.2, 0.25) is 17.8 Å². The molecule has 0 spiro atoms. The van der Waals surface area contributed by atoms with Crippen LogP contribution >= 0.6 is 0 Å². The van der Waals surface area contributed by atoms with Gasteiger partial charge in [0.25, 0.3) is 0 Å². The number of nitrogens with one attached hydrogen (secondary N) is 2. The third-order valence-electron chi connectivity index (χ3n) is 3.58. The van der Waals surface area contributed by atoms with Gasteiger partial charge in [-0.1, -0.05) is 6.08 Å². The molecule has 0 aromatic carbocycles. The van der Waals surface area contributed by atoms with Gasteiger partial charge in [0.1, 0.15) is 0 Å². The van der Waals surface area contributed by atoms with Gasteiger partial charge in [0, 0.05) is 32.7 Å². The summed E-state index contributed by atoms with van der Waals surface area (Å²) >= 11 is 0. The van der Waals surface area contributed by atoms with Crippen molar-refractivity contribution in [3.8, 4) is 0 Å². The minimum absolute atomic E-state index is 0.530. The number of hydrogen-bond donors (Lipinski definition) is 3. The summed E-state index contributed by atoms with van der Waals surface area (Å²) in [5.41, 5.74) is 5.35. The van der Waals surface area contributed by atoms with Crippen LogP contribution in [-0.2, 0) is 9.47 Å². The number of aromatic nitrogens is 3. The van der Waals surface area contributed by atoms with Crippen LogP contribution in [0.5, 0.6) is 0 Å². The highest BCUT2D eigenvalue weighted by Gasteiger charge is 2.17. The van der Waals surface area contributed by atoms with E-state index in [9.17, 15) is 0 Å². The molecule has 0 amide bonds. The highest BCUT2D eigenvalue weighted by atomic mass is 16.5. The van der Waals surface area contributed by atoms with Crippen molar-refractivity contribution < 1.29 is 9.47 Å². The molecule has 1 aromatic rings. The maximum absolute atomic E-state index is 5.49. The zero-order valence-corrected chi connectivity index (χ0v) is 14.7. The van der Waals surface area contributed by atoms with Gasteiger partial charge in [-0.25, -0.2) is 0 Å². The van der Waals surface area contributed by atoms with Gasteiger partial charge in [-0.2, -0.15) is 15.0 Å². The Labute approximate surface area is 149 Å². The average molecular weight is 351 g/mol. The summed E-state index contributed by atoms with van der Waals surface area (Å²) in [7, 11) is 0. The third-order valence-corrected chi connectivity index (χ3v) is 3.58. The molecule has 1 aromatic heterocycles. The van der Waals surface area contributed by atoms with Crippen molar-refractivity contribution in [2.24, 2.45) is 5.73 Å². The molecular weight excluding hydrogens is 322 g/mol. The van der Waals surface area contributed by atoms with Crippen LogP contribution in [0.1, 0.15) is 12.8 Å². The van der Waals surface area contributed by atoms with Crippen molar-refractivity contribution in [2.45, 2.75) is 12.8 Å². The quantitative estimate of drug-likeness (QED) is 0.345. The topological polar surface area (TPSA) is 110 Å². The first kappa shape index (κ1) is 19.4. The Balaban J connectivity index is 1.81. The fourth-order valence-corrected chi connectivity index (χ4v) is 2.39. The van der Waals surface area contributed by atoms with Crippen LogP contribution in [0, 0.1) is 0 Å². The molecule has 2 rings (SSSR count). The van der Waals surface area contributed by atoms with E-state index in [1.165, 1.54) is 12.8 Å². The molecule has 0 radical (unpaired) electrons. The summed E-state index contributed by atoms with van der Waals surface area (Å²) < 4.78 is 10.7. The van der Waals surface area contributed by atoms with Gasteiger partial charge >= 0.3 is 0 Å². The molecule has 2 heterocycles. The predicted molar refractivity (Wildman–Crippen MR) is 99.1 cm³/mol. The second-order valence-electron chi connectivity index (χ2n) is 5.59. The molecule has 140 valence electrons. The van der Waals surface area contributed by atoms with Gasteiger partial charge in [0.15, 0.2) is 0 Å². The van der Waals surface area contributed by atoms with Gasteiger partial charge in [-0.15, -0.1) is 6.58 Å². The molecule has 9 heteroatoms. The second kappa shape index (κ2) is 11.6. The fourth-order valence-electron chi connectivity index (χ4n) is 2.39. The molecule has 1 aliphatic heterocycles. The van der Waals surface area contributed by atoms with Crippen LogP contribution in [0.25, 0.3) is 0 Å². The Morgan fingerprint density at radius 1 is 1.00 bits per heavy atom. The van der Waals surface area contributed by atoms with Crippen molar-refractivity contribution in [1.82, 2.24) is 15.0 Å². The number of rotatable bonds is 13. The summed E-state index contributed by atoms with van der Waals surface area (Å²) in [6.07, 6.45) is 4.11. The molecule has 4 N–H and O–H groups in total. The van der Waals surface area contributed by atoms with E-state index in [2.05, 4.69) is 37.1 Å². The molecule has 0 atom stereocenters. The molecule has 25 heavy (non-hydrogen) atoms. The molecule has 1 saturated heterocycles. The normalized spacial score (nSPS) is 13.9. The van der Waals surface area contributed by atoms with Gasteiger partial charge in [0.05, 0.1) is 26.4 Å². The minimum Gasteiger partial charge on any atom is -0.378 e. The Bertz CT molecular complexity index is 509. The number of nitrogens with zero attached hydrogens (tertiary/aromatic N) is 4. The Hall–Kier alpha value is -1.97. The molecular formula is C16H29N7O2. The molecule has 1 aliphatic rings. The van der Waals surface area contributed by atoms with Crippen LogP contribution in [0.3, 0.4) is 0 Å². The standard InChI is InChI=1S/C16H29N7O2/c1-2-6-18-14-20-15(19-7-11-25-13-12-24-10-5-17)22-16(21-14)23-8-3-4-9-23/h2H,1,3-13,17H2,(H2,18,19,20,21,22). The summed E-state index contributed by atoms with van der Waals surface area (Å²) in [6, 6.07) is 0. The van der Waals surface area contributed by atoms with Crippen LogP contribution < -0.4 is 21.3 Å². The van der Waals surface area contributed by atoms with E-state index in [0.717, 1.165) is 13.1 Å². The zero-order chi connectivity index (χ0) is 17.7. The summed E-state index contributed by atoms with van der Waals surface area (Å²) in [6.45, 7) is 9.62. The fraction of sp³-hybridized carbons (Fsp3) is 0.688. The van der Waals surface area contributed by atoms with E-state index in [0.29, 0.717) is 63.9 Å². The van der Waals surface area contributed by atoms with Crippen molar-refractivity contribution in [1.29, 1.82) is 0 Å². The highest BCUT2D eigenvalue weighted by molar-refractivity contribution is 5.44. The maximum Gasteiger partial charge on any atom is 0.231 e. The molecule has 0 bridgehead atoms. The first-order chi connectivity index (χ1) is 12.3. The molecule has 0 saturated carbocycles. The zero-order valence-electron chi connectivity index (χ0n) is 14.7. The number of hydrogen-bond acceptors (Lipinski definition) is 9. The Morgan fingerprint density at radius 3 is 2.36 bits per heavy atom. The van der Waals surface area contributed by atoms with Crippen LogP contribution in [0.4, 0.5) is 17.8 Å². The molecule has 9 nitrogen and oxygen atoms in total. The lowest BCUT2D eigenvalue weighted by atomic mass is 10.4. The van der Waals surface area contributed by atoms with Crippen LogP contribution in [0.15, 0.2) is 12.7 Å². The Kier molecular flexibility index (Phi) is 8.95. The summed E-state index contributed by atoms with van der Waals surface area (Å²) in [4.78, 5) is 15.6. The van der Waals surface area contributed by atoms with E-state index >= 15 is 0 Å². The first-order valence-electron chi connectivity index (χ1n) is 8.78. The van der Waals surface area contributed by atoms with Crippen molar-refractivity contribution >= 4 is 17.8 Å². The lowest BCUT2D eigenvalue weighted by molar-refractivity contribution is 0.0547. The SMILES string of the molecule is C=CCNc1nc(NCCOCCOCCN)nc(N2CCCC2)n1. The van der Waals surface area contributed by atoms with Crippen molar-refractivity contribution in [3.63, 3.8) is 0 Å². The van der Waals surface area contributed by atoms with Crippen molar-refractivity contribution in [2.75, 3.05) is 74.7 Å². The number of anilines is 3. The average Bonchev–Trinajstić information content (AvgIpc) is 3.17. The van der Waals surface area contributed by atoms with Gasteiger partial charge in [-0.05, 0) is 12.8 Å². The van der Waals surface area contributed by atoms with Crippen LogP contribution in [0.2, 0.25) is 0 Å². The lowest BCUT2D eigenvalue weighted by Crippen LogP contribution is -2.23. The largest absolute Gasteiger partial charge is 0.378 e. The first-order valence-corrected chi connectivity index (χ1v) is 8.78. The van der Waals surface area contributed by atoms with E-state index in [4.69, 9.17) is 15.2 Å².